The topological polar surface area (TPSA) is 58.6 Å². The van der Waals surface area contributed by atoms with E-state index in [1.54, 1.807) is 12.0 Å². The minimum Gasteiger partial charge on any atom is -0.383 e. The molecule has 6 heteroatoms. The molecule has 0 aromatic rings. The fraction of sp³-hybridized carbons (Fsp3) is 0.818. The van der Waals surface area contributed by atoms with E-state index in [2.05, 4.69) is 5.32 Å². The van der Waals surface area contributed by atoms with Gasteiger partial charge in [0, 0.05) is 19.7 Å². The molecule has 0 spiro atoms. The lowest BCUT2D eigenvalue weighted by molar-refractivity contribution is -0.117. The number of rotatable bonds is 6. The summed E-state index contributed by atoms with van der Waals surface area (Å²) in [6, 6.07) is -0.250. The molecule has 0 bridgehead atoms. The predicted molar refractivity (Wildman–Crippen MR) is 65.0 cm³/mol. The Labute approximate surface area is 106 Å². The third kappa shape index (κ3) is 4.52. The van der Waals surface area contributed by atoms with Crippen molar-refractivity contribution in [2.75, 3.05) is 26.1 Å². The molecule has 0 radical (unpaired) electrons. The van der Waals surface area contributed by atoms with Gasteiger partial charge in [-0.2, -0.15) is 0 Å². The van der Waals surface area contributed by atoms with E-state index in [0.717, 1.165) is 12.8 Å². The maximum Gasteiger partial charge on any atom is 0.324 e. The van der Waals surface area contributed by atoms with Gasteiger partial charge in [-0.3, -0.25) is 10.1 Å². The highest BCUT2D eigenvalue weighted by Gasteiger charge is 2.34. The van der Waals surface area contributed by atoms with Crippen molar-refractivity contribution in [2.45, 2.75) is 25.8 Å². The number of hydrogen-bond donors (Lipinski definition) is 1. The molecule has 0 aromatic heterocycles. The van der Waals surface area contributed by atoms with Crippen LogP contribution in [0.4, 0.5) is 4.79 Å². The Bertz CT molecular complexity index is 282. The lowest BCUT2D eigenvalue weighted by Crippen LogP contribution is -2.49. The van der Waals surface area contributed by atoms with Crippen LogP contribution >= 0.6 is 11.6 Å². The molecule has 3 amide bonds. The van der Waals surface area contributed by atoms with Gasteiger partial charge in [-0.25, -0.2) is 4.79 Å². The van der Waals surface area contributed by atoms with E-state index < -0.39 is 5.91 Å². The van der Waals surface area contributed by atoms with Crippen molar-refractivity contribution in [3.63, 3.8) is 0 Å². The van der Waals surface area contributed by atoms with Crippen molar-refractivity contribution < 1.29 is 14.3 Å². The summed E-state index contributed by atoms with van der Waals surface area (Å²) in [5, 5.41) is 2.26. The predicted octanol–water partition coefficient (Wildman–Crippen LogP) is 1.21. The van der Waals surface area contributed by atoms with Crippen molar-refractivity contribution in [1.82, 2.24) is 10.2 Å². The van der Waals surface area contributed by atoms with Crippen LogP contribution in [0, 0.1) is 5.92 Å². The van der Waals surface area contributed by atoms with Crippen LogP contribution in [0.15, 0.2) is 0 Å². The molecule has 98 valence electrons. The highest BCUT2D eigenvalue weighted by atomic mass is 35.5. The number of imide groups is 1. The minimum absolute atomic E-state index is 0.133. The lowest BCUT2D eigenvalue weighted by Gasteiger charge is -2.28. The molecule has 1 N–H and O–H groups in total. The number of amides is 3. The number of ether oxygens (including phenoxy) is 1. The summed E-state index contributed by atoms with van der Waals surface area (Å²) < 4.78 is 4.97. The molecule has 1 aliphatic rings. The van der Waals surface area contributed by atoms with Crippen molar-refractivity contribution >= 4 is 23.5 Å². The first-order valence-electron chi connectivity index (χ1n) is 5.75. The molecule has 5 nitrogen and oxygen atoms in total. The van der Waals surface area contributed by atoms with Gasteiger partial charge in [0.15, 0.2) is 0 Å². The quantitative estimate of drug-likeness (QED) is 0.732. The van der Waals surface area contributed by atoms with Gasteiger partial charge in [0.1, 0.15) is 5.88 Å². The number of carbonyl (C=O) groups excluding carboxylic acids is 2. The van der Waals surface area contributed by atoms with Crippen molar-refractivity contribution in [3.8, 4) is 0 Å². The molecule has 1 saturated carbocycles. The van der Waals surface area contributed by atoms with E-state index in [-0.39, 0.29) is 18.0 Å². The Kier molecular flexibility index (Phi) is 5.71. The molecule has 1 fully saturated rings. The Hall–Kier alpha value is -0.810. The Balaban J connectivity index is 2.53. The summed E-state index contributed by atoms with van der Waals surface area (Å²) in [5.41, 5.74) is 0. The maximum atomic E-state index is 11.9. The second-order valence-corrected chi connectivity index (χ2v) is 4.52. The largest absolute Gasteiger partial charge is 0.383 e. The van der Waals surface area contributed by atoms with E-state index >= 15 is 0 Å². The summed E-state index contributed by atoms with van der Waals surface area (Å²) in [5.74, 6) is -0.132. The van der Waals surface area contributed by atoms with Gasteiger partial charge >= 0.3 is 6.03 Å². The smallest absolute Gasteiger partial charge is 0.324 e. The van der Waals surface area contributed by atoms with Crippen molar-refractivity contribution in [1.29, 1.82) is 0 Å². The summed E-state index contributed by atoms with van der Waals surface area (Å²) in [4.78, 5) is 24.6. The zero-order chi connectivity index (χ0) is 12.8. The fourth-order valence-electron chi connectivity index (χ4n) is 1.74. The zero-order valence-electron chi connectivity index (χ0n) is 10.2. The second kappa shape index (κ2) is 6.81. The number of carbonyl (C=O) groups is 2. The molecule has 0 aliphatic heterocycles. The molecule has 1 unspecified atom stereocenters. The van der Waals surface area contributed by atoms with Crippen molar-refractivity contribution in [2.24, 2.45) is 5.92 Å². The van der Waals surface area contributed by atoms with Crippen LogP contribution in [-0.4, -0.2) is 49.0 Å². The number of alkyl halides is 1. The number of nitrogens with one attached hydrogen (secondary N) is 1. The molecule has 1 rings (SSSR count). The average Bonchev–Trinajstić information content (AvgIpc) is 3.12. The van der Waals surface area contributed by atoms with Gasteiger partial charge in [-0.05, 0) is 25.7 Å². The molecule has 0 saturated heterocycles. The molecular weight excluding hydrogens is 244 g/mol. The monoisotopic (exact) mass is 262 g/mol. The second-order valence-electron chi connectivity index (χ2n) is 4.25. The standard InChI is InChI=1S/C11H19ClN2O3/c1-8(9-3-4-9)14(5-6-17-2)11(16)13-10(15)7-12/h8-9H,3-7H2,1-2H3,(H,13,15,16). The van der Waals surface area contributed by atoms with Crippen LogP contribution in [0.25, 0.3) is 0 Å². The number of halogens is 1. The number of methoxy groups -OCH3 is 1. The lowest BCUT2D eigenvalue weighted by atomic mass is 10.2. The molecule has 1 atom stereocenters. The molecule has 1 aliphatic carbocycles. The van der Waals surface area contributed by atoms with Gasteiger partial charge in [-0.15, -0.1) is 11.6 Å². The van der Waals surface area contributed by atoms with Gasteiger partial charge in [-0.1, -0.05) is 0 Å². The van der Waals surface area contributed by atoms with Crippen LogP contribution in [-0.2, 0) is 9.53 Å². The first kappa shape index (κ1) is 14.3. The van der Waals surface area contributed by atoms with Crippen LogP contribution in [0.1, 0.15) is 19.8 Å². The van der Waals surface area contributed by atoms with E-state index in [4.69, 9.17) is 16.3 Å². The average molecular weight is 263 g/mol. The van der Waals surface area contributed by atoms with E-state index in [1.807, 2.05) is 6.92 Å². The number of hydrogen-bond acceptors (Lipinski definition) is 3. The van der Waals surface area contributed by atoms with E-state index in [0.29, 0.717) is 19.1 Å². The minimum atomic E-state index is -0.470. The summed E-state index contributed by atoms with van der Waals surface area (Å²) in [7, 11) is 1.59. The fourth-order valence-corrected chi connectivity index (χ4v) is 1.80. The Morgan fingerprint density at radius 3 is 2.65 bits per heavy atom. The summed E-state index contributed by atoms with van der Waals surface area (Å²) >= 11 is 5.35. The maximum absolute atomic E-state index is 11.9. The Morgan fingerprint density at radius 2 is 2.18 bits per heavy atom. The Morgan fingerprint density at radius 1 is 1.53 bits per heavy atom. The van der Waals surface area contributed by atoms with Crippen molar-refractivity contribution in [3.05, 3.63) is 0 Å². The molecule has 0 heterocycles. The highest BCUT2D eigenvalue weighted by molar-refractivity contribution is 6.28. The third-order valence-corrected chi connectivity index (χ3v) is 3.20. The SMILES string of the molecule is COCCN(C(=O)NC(=O)CCl)C(C)C1CC1. The van der Waals surface area contributed by atoms with Crippen LogP contribution in [0.5, 0.6) is 0 Å². The van der Waals surface area contributed by atoms with Crippen LogP contribution in [0.2, 0.25) is 0 Å². The zero-order valence-corrected chi connectivity index (χ0v) is 11.0. The highest BCUT2D eigenvalue weighted by Crippen LogP contribution is 2.35. The first-order chi connectivity index (χ1) is 8.10. The number of nitrogens with zero attached hydrogens (tertiary/aromatic N) is 1. The van der Waals surface area contributed by atoms with Gasteiger partial charge < -0.3 is 9.64 Å². The van der Waals surface area contributed by atoms with Gasteiger partial charge in [0.2, 0.25) is 5.91 Å². The molecule has 17 heavy (non-hydrogen) atoms. The van der Waals surface area contributed by atoms with Crippen LogP contribution in [0.3, 0.4) is 0 Å². The number of urea groups is 1. The van der Waals surface area contributed by atoms with E-state index in [9.17, 15) is 9.59 Å². The normalized spacial score (nSPS) is 16.4. The van der Waals surface area contributed by atoms with Gasteiger partial charge in [0.05, 0.1) is 6.61 Å². The van der Waals surface area contributed by atoms with Crippen LogP contribution < -0.4 is 5.32 Å². The van der Waals surface area contributed by atoms with Gasteiger partial charge in [0.25, 0.3) is 0 Å². The summed E-state index contributed by atoms with van der Waals surface area (Å²) in [6.07, 6.45) is 2.28. The third-order valence-electron chi connectivity index (χ3n) is 2.96. The summed E-state index contributed by atoms with van der Waals surface area (Å²) in [6.45, 7) is 2.94. The first-order valence-corrected chi connectivity index (χ1v) is 6.29. The van der Waals surface area contributed by atoms with E-state index in [1.165, 1.54) is 0 Å². The molecule has 0 aromatic carbocycles. The molecular formula is C11H19ClN2O3.